The van der Waals surface area contributed by atoms with Crippen molar-refractivity contribution in [3.05, 3.63) is 52.0 Å². The maximum absolute atomic E-state index is 14.1. The largest absolute Gasteiger partial charge is 0.488 e. The number of ether oxygens (including phenoxy) is 1. The number of amides is 2. The summed E-state index contributed by atoms with van der Waals surface area (Å²) in [6, 6.07) is 8.01. The van der Waals surface area contributed by atoms with E-state index in [1.165, 1.54) is 10.9 Å². The number of hydrogen-bond donors (Lipinski definition) is 0. The van der Waals surface area contributed by atoms with Gasteiger partial charge in [0, 0.05) is 23.9 Å². The minimum atomic E-state index is -0.422. The van der Waals surface area contributed by atoms with Crippen molar-refractivity contribution in [1.82, 2.24) is 9.80 Å². The molecule has 0 N–H and O–H groups in total. The molecule has 2 heterocycles. The van der Waals surface area contributed by atoms with Gasteiger partial charge in [0.25, 0.3) is 0 Å². The van der Waals surface area contributed by atoms with Crippen molar-refractivity contribution in [3.63, 3.8) is 0 Å². The van der Waals surface area contributed by atoms with Crippen LogP contribution >= 0.6 is 11.3 Å². The minimum Gasteiger partial charge on any atom is -0.488 e. The highest BCUT2D eigenvalue weighted by Crippen LogP contribution is 2.34. The number of hydrogen-bond acceptors (Lipinski definition) is 4. The lowest BCUT2D eigenvalue weighted by Crippen LogP contribution is -2.48. The van der Waals surface area contributed by atoms with E-state index in [-0.39, 0.29) is 42.7 Å². The normalized spacial score (nSPS) is 15.7. The Kier molecular flexibility index (Phi) is 8.29. The van der Waals surface area contributed by atoms with Crippen LogP contribution in [-0.4, -0.2) is 47.9 Å². The van der Waals surface area contributed by atoms with Gasteiger partial charge in [0.2, 0.25) is 11.8 Å². The van der Waals surface area contributed by atoms with E-state index in [1.54, 1.807) is 39.3 Å². The van der Waals surface area contributed by atoms with Crippen LogP contribution in [0.4, 0.5) is 4.39 Å². The maximum Gasteiger partial charge on any atom is 0.242 e. The van der Waals surface area contributed by atoms with Crippen LogP contribution in [0.5, 0.6) is 5.75 Å². The molecule has 0 radical (unpaired) electrons. The van der Waals surface area contributed by atoms with E-state index in [2.05, 4.69) is 13.8 Å². The molecule has 1 aliphatic heterocycles. The minimum absolute atomic E-state index is 0.00797. The van der Waals surface area contributed by atoms with Gasteiger partial charge in [0.1, 0.15) is 6.61 Å². The first kappa shape index (κ1) is 24.2. The molecule has 0 saturated carbocycles. The highest BCUT2D eigenvalue weighted by atomic mass is 32.1. The Morgan fingerprint density at radius 3 is 2.66 bits per heavy atom. The fraction of sp³-hybridized carbons (Fsp3) is 0.520. The average Bonchev–Trinajstić information content (AvgIpc) is 3.24. The molecular formula is C25H33FN2O3S. The van der Waals surface area contributed by atoms with E-state index in [0.29, 0.717) is 19.0 Å². The highest BCUT2D eigenvalue weighted by Gasteiger charge is 2.34. The van der Waals surface area contributed by atoms with E-state index in [4.69, 9.17) is 4.74 Å². The summed E-state index contributed by atoms with van der Waals surface area (Å²) < 4.78 is 19.9. The summed E-state index contributed by atoms with van der Waals surface area (Å²) >= 11 is 1.67. The Hall–Kier alpha value is -2.41. The average molecular weight is 461 g/mol. The number of halogens is 1. The van der Waals surface area contributed by atoms with Gasteiger partial charge in [-0.15, -0.1) is 11.3 Å². The molecule has 1 aromatic carbocycles. The van der Waals surface area contributed by atoms with Gasteiger partial charge in [-0.2, -0.15) is 0 Å². The summed E-state index contributed by atoms with van der Waals surface area (Å²) in [4.78, 5) is 30.9. The quantitative estimate of drug-likeness (QED) is 0.534. The van der Waals surface area contributed by atoms with Gasteiger partial charge in [-0.25, -0.2) is 4.39 Å². The van der Waals surface area contributed by atoms with Crippen molar-refractivity contribution in [1.29, 1.82) is 0 Å². The first-order valence-corrected chi connectivity index (χ1v) is 12.2. The van der Waals surface area contributed by atoms with E-state index in [9.17, 15) is 14.0 Å². The molecule has 3 rings (SSSR count). The Labute approximate surface area is 194 Å². The van der Waals surface area contributed by atoms with Crippen LogP contribution in [-0.2, 0) is 16.0 Å². The predicted molar refractivity (Wildman–Crippen MR) is 125 cm³/mol. The van der Waals surface area contributed by atoms with Gasteiger partial charge in [-0.3, -0.25) is 9.59 Å². The topological polar surface area (TPSA) is 49.9 Å². The lowest BCUT2D eigenvalue weighted by atomic mass is 10.00. The van der Waals surface area contributed by atoms with Gasteiger partial charge in [0.15, 0.2) is 11.6 Å². The molecule has 5 nitrogen and oxygen atoms in total. The maximum atomic E-state index is 14.1. The van der Waals surface area contributed by atoms with Crippen LogP contribution in [0.2, 0.25) is 0 Å². The van der Waals surface area contributed by atoms with E-state index in [1.807, 2.05) is 25.3 Å². The first-order valence-electron chi connectivity index (χ1n) is 11.3. The SMILES string of the molecule is CC(C)CCN(CC(=O)N1CCc2sccc2[C@@H]1COc1ccccc1F)C(=O)C(C)C. The number of rotatable bonds is 9. The summed E-state index contributed by atoms with van der Waals surface area (Å²) in [5.41, 5.74) is 1.05. The number of fused-ring (bicyclic) bond motifs is 1. The lowest BCUT2D eigenvalue weighted by Gasteiger charge is -2.37. The summed E-state index contributed by atoms with van der Waals surface area (Å²) in [6.45, 7) is 9.29. The molecule has 0 spiro atoms. The Bertz CT molecular complexity index is 927. The zero-order chi connectivity index (χ0) is 23.3. The predicted octanol–water partition coefficient (Wildman–Crippen LogP) is 4.92. The van der Waals surface area contributed by atoms with E-state index >= 15 is 0 Å². The van der Waals surface area contributed by atoms with Crippen molar-refractivity contribution >= 4 is 23.2 Å². The van der Waals surface area contributed by atoms with Crippen LogP contribution in [0.1, 0.15) is 50.6 Å². The van der Waals surface area contributed by atoms with Crippen LogP contribution in [0.3, 0.4) is 0 Å². The molecule has 7 heteroatoms. The molecule has 1 aromatic heterocycles. The second-order valence-electron chi connectivity index (χ2n) is 8.99. The Morgan fingerprint density at radius 2 is 1.97 bits per heavy atom. The van der Waals surface area contributed by atoms with Gasteiger partial charge in [-0.1, -0.05) is 39.8 Å². The van der Waals surface area contributed by atoms with Crippen molar-refractivity contribution in [3.8, 4) is 5.75 Å². The molecule has 0 unspecified atom stereocenters. The van der Waals surface area contributed by atoms with Crippen molar-refractivity contribution in [2.75, 3.05) is 26.2 Å². The molecule has 1 aliphatic rings. The van der Waals surface area contributed by atoms with Crippen molar-refractivity contribution < 1.29 is 18.7 Å². The Morgan fingerprint density at radius 1 is 1.22 bits per heavy atom. The molecule has 2 aromatic rings. The molecule has 32 heavy (non-hydrogen) atoms. The number of nitrogens with zero attached hydrogens (tertiary/aromatic N) is 2. The Balaban J connectivity index is 1.77. The van der Waals surface area contributed by atoms with Gasteiger partial charge < -0.3 is 14.5 Å². The number of carbonyl (C=O) groups excluding carboxylic acids is 2. The summed E-state index contributed by atoms with van der Waals surface area (Å²) in [5, 5.41) is 2.02. The van der Waals surface area contributed by atoms with Crippen LogP contribution in [0.25, 0.3) is 0 Å². The van der Waals surface area contributed by atoms with Crippen molar-refractivity contribution in [2.45, 2.75) is 46.6 Å². The zero-order valence-electron chi connectivity index (χ0n) is 19.3. The number of benzene rings is 1. The van der Waals surface area contributed by atoms with Gasteiger partial charge in [0.05, 0.1) is 12.6 Å². The van der Waals surface area contributed by atoms with Crippen LogP contribution in [0, 0.1) is 17.7 Å². The van der Waals surface area contributed by atoms with Crippen molar-refractivity contribution in [2.24, 2.45) is 11.8 Å². The fourth-order valence-electron chi connectivity index (χ4n) is 3.91. The third kappa shape index (κ3) is 5.88. The van der Waals surface area contributed by atoms with Crippen LogP contribution < -0.4 is 4.74 Å². The molecule has 174 valence electrons. The molecular weight excluding hydrogens is 427 g/mol. The van der Waals surface area contributed by atoms with E-state index in [0.717, 1.165) is 18.4 Å². The van der Waals surface area contributed by atoms with Crippen LogP contribution in [0.15, 0.2) is 35.7 Å². The summed E-state index contributed by atoms with van der Waals surface area (Å²) in [6.07, 6.45) is 1.62. The number of thiophene rings is 1. The zero-order valence-corrected chi connectivity index (χ0v) is 20.2. The third-order valence-electron chi connectivity index (χ3n) is 5.76. The fourth-order valence-corrected chi connectivity index (χ4v) is 4.83. The first-order chi connectivity index (χ1) is 15.3. The van der Waals surface area contributed by atoms with Gasteiger partial charge in [-0.05, 0) is 47.9 Å². The third-order valence-corrected chi connectivity index (χ3v) is 6.75. The lowest BCUT2D eigenvalue weighted by molar-refractivity contribution is -0.144. The monoisotopic (exact) mass is 460 g/mol. The second-order valence-corrected chi connectivity index (χ2v) is 9.99. The summed E-state index contributed by atoms with van der Waals surface area (Å²) in [5.74, 6) is -0.0733. The smallest absolute Gasteiger partial charge is 0.242 e. The molecule has 0 saturated heterocycles. The molecule has 0 aliphatic carbocycles. The molecule has 0 bridgehead atoms. The number of carbonyl (C=O) groups is 2. The number of para-hydroxylation sites is 1. The molecule has 2 amide bonds. The standard InChI is InChI=1S/C25H33FN2O3S/c1-17(2)9-12-27(25(30)18(3)4)15-24(29)28-13-10-23-19(11-14-32-23)21(28)16-31-22-8-6-5-7-20(22)26/h5-8,11,14,17-18,21H,9-10,12-13,15-16H2,1-4H3/t21-/m0/s1. The molecule has 0 fully saturated rings. The second kappa shape index (κ2) is 10.9. The summed E-state index contributed by atoms with van der Waals surface area (Å²) in [7, 11) is 0. The highest BCUT2D eigenvalue weighted by molar-refractivity contribution is 7.10. The van der Waals surface area contributed by atoms with E-state index < -0.39 is 5.82 Å². The molecule has 1 atom stereocenters. The van der Waals surface area contributed by atoms with Gasteiger partial charge >= 0.3 is 0 Å².